The highest BCUT2D eigenvalue weighted by Crippen LogP contribution is 2.26. The zero-order valence-electron chi connectivity index (χ0n) is 12.9. The van der Waals surface area contributed by atoms with Crippen molar-refractivity contribution in [1.82, 2.24) is 5.32 Å². The molecule has 1 saturated carbocycles. The van der Waals surface area contributed by atoms with Crippen LogP contribution in [0.5, 0.6) is 11.5 Å². The molecule has 1 aliphatic carbocycles. The molecular formula is C16H25NO4. The summed E-state index contributed by atoms with van der Waals surface area (Å²) >= 11 is 0. The third-order valence-corrected chi connectivity index (χ3v) is 3.35. The van der Waals surface area contributed by atoms with E-state index in [0.29, 0.717) is 32.5 Å². The van der Waals surface area contributed by atoms with E-state index in [9.17, 15) is 0 Å². The number of methoxy groups -OCH3 is 2. The van der Waals surface area contributed by atoms with Crippen LogP contribution in [0.2, 0.25) is 0 Å². The molecular weight excluding hydrogens is 270 g/mol. The summed E-state index contributed by atoms with van der Waals surface area (Å²) in [6.45, 7) is 3.10. The average molecular weight is 295 g/mol. The molecule has 0 amide bonds. The van der Waals surface area contributed by atoms with Crippen molar-refractivity contribution in [3.63, 3.8) is 0 Å². The SMILES string of the molecule is COCCOCCOc1cc(OC)ccc1CNC1CC1. The number of rotatable bonds is 11. The molecule has 1 aliphatic rings. The number of hydrogen-bond donors (Lipinski definition) is 1. The van der Waals surface area contributed by atoms with Crippen molar-refractivity contribution >= 4 is 0 Å². The summed E-state index contributed by atoms with van der Waals surface area (Å²) in [5.74, 6) is 1.67. The fourth-order valence-electron chi connectivity index (χ4n) is 1.94. The van der Waals surface area contributed by atoms with Crippen LogP contribution in [0.3, 0.4) is 0 Å². The van der Waals surface area contributed by atoms with Crippen LogP contribution < -0.4 is 14.8 Å². The van der Waals surface area contributed by atoms with Crippen LogP contribution in [0.15, 0.2) is 18.2 Å². The Kier molecular flexibility index (Phi) is 6.79. The highest BCUT2D eigenvalue weighted by Gasteiger charge is 2.20. The van der Waals surface area contributed by atoms with E-state index in [-0.39, 0.29) is 0 Å². The summed E-state index contributed by atoms with van der Waals surface area (Å²) in [4.78, 5) is 0. The van der Waals surface area contributed by atoms with Gasteiger partial charge in [-0.3, -0.25) is 0 Å². The Morgan fingerprint density at radius 1 is 1.10 bits per heavy atom. The molecule has 0 bridgehead atoms. The van der Waals surface area contributed by atoms with E-state index in [2.05, 4.69) is 11.4 Å². The third kappa shape index (κ3) is 5.91. The smallest absolute Gasteiger partial charge is 0.127 e. The molecule has 0 spiro atoms. The summed E-state index contributed by atoms with van der Waals surface area (Å²) in [6.07, 6.45) is 2.55. The molecule has 1 N–H and O–H groups in total. The largest absolute Gasteiger partial charge is 0.497 e. The third-order valence-electron chi connectivity index (χ3n) is 3.35. The van der Waals surface area contributed by atoms with Gasteiger partial charge in [-0.15, -0.1) is 0 Å². The molecule has 5 nitrogen and oxygen atoms in total. The number of ether oxygens (including phenoxy) is 4. The normalized spacial score (nSPS) is 14.2. The summed E-state index contributed by atoms with van der Waals surface area (Å²) in [5, 5.41) is 3.50. The Bertz CT molecular complexity index is 421. The minimum Gasteiger partial charge on any atom is -0.497 e. The van der Waals surface area contributed by atoms with Gasteiger partial charge in [-0.05, 0) is 18.9 Å². The summed E-state index contributed by atoms with van der Waals surface area (Å²) in [7, 11) is 3.32. The van der Waals surface area contributed by atoms with Gasteiger partial charge in [0.1, 0.15) is 18.1 Å². The molecule has 1 fully saturated rings. The van der Waals surface area contributed by atoms with Gasteiger partial charge in [-0.2, -0.15) is 0 Å². The second-order valence-corrected chi connectivity index (χ2v) is 5.08. The first-order valence-electron chi connectivity index (χ1n) is 7.43. The lowest BCUT2D eigenvalue weighted by Crippen LogP contribution is -2.17. The van der Waals surface area contributed by atoms with Crippen molar-refractivity contribution in [2.75, 3.05) is 40.6 Å². The second kappa shape index (κ2) is 8.87. The van der Waals surface area contributed by atoms with E-state index >= 15 is 0 Å². The average Bonchev–Trinajstić information content (AvgIpc) is 3.33. The Balaban J connectivity index is 1.81. The number of nitrogens with one attached hydrogen (secondary N) is 1. The first-order valence-corrected chi connectivity index (χ1v) is 7.43. The molecule has 0 aliphatic heterocycles. The molecule has 0 radical (unpaired) electrons. The van der Waals surface area contributed by atoms with E-state index in [1.807, 2.05) is 12.1 Å². The highest BCUT2D eigenvalue weighted by atomic mass is 16.5. The molecule has 0 saturated heterocycles. The molecule has 0 unspecified atom stereocenters. The van der Waals surface area contributed by atoms with Gasteiger partial charge in [0.15, 0.2) is 0 Å². The van der Waals surface area contributed by atoms with Crippen molar-refractivity contribution < 1.29 is 18.9 Å². The zero-order valence-corrected chi connectivity index (χ0v) is 12.9. The second-order valence-electron chi connectivity index (χ2n) is 5.08. The molecule has 2 rings (SSSR count). The standard InChI is InChI=1S/C16H25NO4/c1-18-7-8-20-9-10-21-16-11-15(19-2)6-3-13(16)12-17-14-4-5-14/h3,6,11,14,17H,4-5,7-10,12H2,1-2H3. The van der Waals surface area contributed by atoms with Gasteiger partial charge >= 0.3 is 0 Å². The fourth-order valence-corrected chi connectivity index (χ4v) is 1.94. The van der Waals surface area contributed by atoms with Gasteiger partial charge in [0, 0.05) is 31.3 Å². The minimum absolute atomic E-state index is 0.521. The van der Waals surface area contributed by atoms with Gasteiger partial charge in [0.2, 0.25) is 0 Å². The molecule has 21 heavy (non-hydrogen) atoms. The summed E-state index contributed by atoms with van der Waals surface area (Å²) in [6, 6.07) is 6.62. The lowest BCUT2D eigenvalue weighted by Gasteiger charge is -2.13. The summed E-state index contributed by atoms with van der Waals surface area (Å²) < 4.78 is 21.4. The highest BCUT2D eigenvalue weighted by molar-refractivity contribution is 5.40. The monoisotopic (exact) mass is 295 g/mol. The van der Waals surface area contributed by atoms with E-state index < -0.39 is 0 Å². The van der Waals surface area contributed by atoms with Crippen molar-refractivity contribution in [3.05, 3.63) is 23.8 Å². The van der Waals surface area contributed by atoms with Crippen LogP contribution in [-0.4, -0.2) is 46.7 Å². The Morgan fingerprint density at radius 3 is 2.62 bits per heavy atom. The molecule has 0 heterocycles. The van der Waals surface area contributed by atoms with E-state index in [0.717, 1.165) is 23.6 Å². The first kappa shape index (κ1) is 16.1. The van der Waals surface area contributed by atoms with Crippen molar-refractivity contribution in [1.29, 1.82) is 0 Å². The molecule has 118 valence electrons. The van der Waals surface area contributed by atoms with Gasteiger partial charge in [0.25, 0.3) is 0 Å². The van der Waals surface area contributed by atoms with Crippen molar-refractivity contribution in [2.45, 2.75) is 25.4 Å². The lowest BCUT2D eigenvalue weighted by molar-refractivity contribution is 0.0542. The first-order chi connectivity index (χ1) is 10.3. The number of hydrogen-bond acceptors (Lipinski definition) is 5. The Hall–Kier alpha value is -1.30. The quantitative estimate of drug-likeness (QED) is 0.633. The Labute approximate surface area is 126 Å². The maximum Gasteiger partial charge on any atom is 0.127 e. The maximum absolute atomic E-state index is 5.83. The van der Waals surface area contributed by atoms with E-state index in [1.165, 1.54) is 12.8 Å². The lowest BCUT2D eigenvalue weighted by atomic mass is 10.2. The maximum atomic E-state index is 5.83. The van der Waals surface area contributed by atoms with Crippen LogP contribution in [-0.2, 0) is 16.0 Å². The van der Waals surface area contributed by atoms with E-state index in [1.54, 1.807) is 14.2 Å². The topological polar surface area (TPSA) is 49.0 Å². The molecule has 1 aromatic carbocycles. The van der Waals surface area contributed by atoms with Gasteiger partial charge in [-0.1, -0.05) is 6.07 Å². The van der Waals surface area contributed by atoms with Crippen molar-refractivity contribution in [3.8, 4) is 11.5 Å². The van der Waals surface area contributed by atoms with Crippen LogP contribution in [0.25, 0.3) is 0 Å². The molecule has 0 atom stereocenters. The van der Waals surface area contributed by atoms with Crippen LogP contribution in [0.1, 0.15) is 18.4 Å². The zero-order chi connectivity index (χ0) is 14.9. The fraction of sp³-hybridized carbons (Fsp3) is 0.625. The predicted octanol–water partition coefficient (Wildman–Crippen LogP) is 1.99. The molecule has 1 aromatic rings. The van der Waals surface area contributed by atoms with Crippen LogP contribution in [0.4, 0.5) is 0 Å². The number of benzene rings is 1. The predicted molar refractivity (Wildman–Crippen MR) is 81.0 cm³/mol. The van der Waals surface area contributed by atoms with E-state index in [4.69, 9.17) is 18.9 Å². The van der Waals surface area contributed by atoms with Gasteiger partial charge < -0.3 is 24.3 Å². The van der Waals surface area contributed by atoms with Gasteiger partial charge in [0.05, 0.1) is 26.9 Å². The van der Waals surface area contributed by atoms with Gasteiger partial charge in [-0.25, -0.2) is 0 Å². The van der Waals surface area contributed by atoms with Crippen LogP contribution >= 0.6 is 0 Å². The molecule has 0 aromatic heterocycles. The minimum atomic E-state index is 0.521. The summed E-state index contributed by atoms with van der Waals surface area (Å²) in [5.41, 5.74) is 1.15. The van der Waals surface area contributed by atoms with Crippen LogP contribution in [0, 0.1) is 0 Å². The Morgan fingerprint density at radius 2 is 1.90 bits per heavy atom. The molecule has 5 heteroatoms. The van der Waals surface area contributed by atoms with Crippen molar-refractivity contribution in [2.24, 2.45) is 0 Å².